The van der Waals surface area contributed by atoms with Gasteiger partial charge in [-0.25, -0.2) is 0 Å². The molecule has 9 heavy (non-hydrogen) atoms. The van der Waals surface area contributed by atoms with E-state index in [0.29, 0.717) is 5.41 Å². The maximum Gasteiger partial charge on any atom is -0.0303 e. The Labute approximate surface area is 58.7 Å². The van der Waals surface area contributed by atoms with Crippen molar-refractivity contribution in [1.82, 2.24) is 0 Å². The predicted octanol–water partition coefficient (Wildman–Crippen LogP) is 3.08. The fourth-order valence-electron chi connectivity index (χ4n) is 1.73. The van der Waals surface area contributed by atoms with E-state index in [1.54, 1.807) is 0 Å². The lowest BCUT2D eigenvalue weighted by Gasteiger charge is -2.28. The molecule has 0 saturated heterocycles. The molecular formula is C9H18. The van der Waals surface area contributed by atoms with Crippen LogP contribution in [0.1, 0.15) is 40.5 Å². The molecule has 0 aromatic heterocycles. The molecule has 0 heterocycles. The highest BCUT2D eigenvalue weighted by Crippen LogP contribution is 2.46. The summed E-state index contributed by atoms with van der Waals surface area (Å²) in [5, 5.41) is 0. The summed E-state index contributed by atoms with van der Waals surface area (Å²) >= 11 is 0. The van der Waals surface area contributed by atoms with Crippen LogP contribution in [-0.2, 0) is 0 Å². The largest absolute Gasteiger partial charge is 0.0620 e. The summed E-state index contributed by atoms with van der Waals surface area (Å²) in [7, 11) is 0. The van der Waals surface area contributed by atoms with Gasteiger partial charge in [-0.3, -0.25) is 0 Å². The van der Waals surface area contributed by atoms with Gasteiger partial charge in [0.05, 0.1) is 0 Å². The molecule has 0 heteroatoms. The van der Waals surface area contributed by atoms with Crippen LogP contribution in [0.5, 0.6) is 0 Å². The SMILES string of the molecule is C[C@H]1CC[C@H](C)C1(C)C. The average molecular weight is 126 g/mol. The first-order chi connectivity index (χ1) is 4.05. The Hall–Kier alpha value is 0. The summed E-state index contributed by atoms with van der Waals surface area (Å²) in [4.78, 5) is 0. The highest BCUT2D eigenvalue weighted by molar-refractivity contribution is 4.86. The van der Waals surface area contributed by atoms with Crippen LogP contribution in [0.15, 0.2) is 0 Å². The van der Waals surface area contributed by atoms with Crippen molar-refractivity contribution in [3.8, 4) is 0 Å². The van der Waals surface area contributed by atoms with E-state index in [4.69, 9.17) is 0 Å². The minimum atomic E-state index is 0.611. The Morgan fingerprint density at radius 3 is 1.44 bits per heavy atom. The van der Waals surface area contributed by atoms with Crippen molar-refractivity contribution in [3.63, 3.8) is 0 Å². The Balaban J connectivity index is 2.66. The number of rotatable bonds is 0. The van der Waals surface area contributed by atoms with E-state index in [0.717, 1.165) is 11.8 Å². The van der Waals surface area contributed by atoms with E-state index in [1.807, 2.05) is 0 Å². The highest BCUT2D eigenvalue weighted by atomic mass is 14.4. The molecule has 0 aromatic rings. The van der Waals surface area contributed by atoms with Gasteiger partial charge in [0.2, 0.25) is 0 Å². The quantitative estimate of drug-likeness (QED) is 0.468. The van der Waals surface area contributed by atoms with Crippen LogP contribution in [-0.4, -0.2) is 0 Å². The molecule has 0 bridgehead atoms. The van der Waals surface area contributed by atoms with Crippen molar-refractivity contribution in [2.45, 2.75) is 40.5 Å². The Kier molecular flexibility index (Phi) is 1.58. The van der Waals surface area contributed by atoms with Crippen LogP contribution in [0.4, 0.5) is 0 Å². The molecule has 0 amide bonds. The molecular weight excluding hydrogens is 108 g/mol. The van der Waals surface area contributed by atoms with Crippen molar-refractivity contribution >= 4 is 0 Å². The zero-order valence-corrected chi connectivity index (χ0v) is 7.07. The van der Waals surface area contributed by atoms with Gasteiger partial charge in [0.1, 0.15) is 0 Å². The van der Waals surface area contributed by atoms with Crippen LogP contribution in [0, 0.1) is 17.3 Å². The standard InChI is InChI=1S/C9H18/c1-7-5-6-8(2)9(7,3)4/h7-8H,5-6H2,1-4H3/t7-,8-/m0/s1. The van der Waals surface area contributed by atoms with Crippen LogP contribution >= 0.6 is 0 Å². The summed E-state index contributed by atoms with van der Waals surface area (Å²) in [6.07, 6.45) is 2.88. The summed E-state index contributed by atoms with van der Waals surface area (Å²) in [5.41, 5.74) is 0.611. The third kappa shape index (κ3) is 0.997. The summed E-state index contributed by atoms with van der Waals surface area (Å²) in [6.45, 7) is 9.55. The first-order valence-electron chi connectivity index (χ1n) is 4.05. The van der Waals surface area contributed by atoms with Gasteiger partial charge in [-0.15, -0.1) is 0 Å². The van der Waals surface area contributed by atoms with Crippen LogP contribution in [0.2, 0.25) is 0 Å². The molecule has 1 saturated carbocycles. The van der Waals surface area contributed by atoms with Crippen molar-refractivity contribution in [1.29, 1.82) is 0 Å². The summed E-state index contributed by atoms with van der Waals surface area (Å²) < 4.78 is 0. The van der Waals surface area contributed by atoms with E-state index in [1.165, 1.54) is 12.8 Å². The van der Waals surface area contributed by atoms with Crippen molar-refractivity contribution in [2.24, 2.45) is 17.3 Å². The number of hydrogen-bond donors (Lipinski definition) is 0. The fourth-order valence-corrected chi connectivity index (χ4v) is 1.73. The Morgan fingerprint density at radius 1 is 1.00 bits per heavy atom. The molecule has 0 spiro atoms. The van der Waals surface area contributed by atoms with Crippen molar-refractivity contribution < 1.29 is 0 Å². The third-order valence-electron chi connectivity index (χ3n) is 3.57. The zero-order chi connectivity index (χ0) is 7.07. The smallest absolute Gasteiger partial charge is 0.0303 e. The van der Waals surface area contributed by atoms with Gasteiger partial charge in [-0.2, -0.15) is 0 Å². The molecule has 0 N–H and O–H groups in total. The van der Waals surface area contributed by atoms with E-state index in [9.17, 15) is 0 Å². The first-order valence-corrected chi connectivity index (χ1v) is 4.05. The van der Waals surface area contributed by atoms with E-state index < -0.39 is 0 Å². The van der Waals surface area contributed by atoms with Crippen LogP contribution < -0.4 is 0 Å². The minimum Gasteiger partial charge on any atom is -0.0620 e. The molecule has 1 rings (SSSR count). The fraction of sp³-hybridized carbons (Fsp3) is 1.00. The van der Waals surface area contributed by atoms with E-state index >= 15 is 0 Å². The molecule has 54 valence electrons. The average Bonchev–Trinajstić information content (AvgIpc) is 1.96. The van der Waals surface area contributed by atoms with E-state index in [2.05, 4.69) is 27.7 Å². The van der Waals surface area contributed by atoms with Gasteiger partial charge in [-0.1, -0.05) is 27.7 Å². The van der Waals surface area contributed by atoms with Crippen molar-refractivity contribution in [2.75, 3.05) is 0 Å². The Bertz CT molecular complexity index is 90.6. The van der Waals surface area contributed by atoms with Gasteiger partial charge < -0.3 is 0 Å². The molecule has 0 radical (unpaired) electrons. The van der Waals surface area contributed by atoms with E-state index in [-0.39, 0.29) is 0 Å². The second-order valence-corrected chi connectivity index (χ2v) is 4.20. The molecule has 0 unspecified atom stereocenters. The second kappa shape index (κ2) is 2.00. The molecule has 1 aliphatic rings. The molecule has 2 atom stereocenters. The lowest BCUT2D eigenvalue weighted by molar-refractivity contribution is 0.212. The lowest BCUT2D eigenvalue weighted by Crippen LogP contribution is -2.20. The third-order valence-corrected chi connectivity index (χ3v) is 3.57. The van der Waals surface area contributed by atoms with Crippen LogP contribution in [0.3, 0.4) is 0 Å². The summed E-state index contributed by atoms with van der Waals surface area (Å²) in [6, 6.07) is 0. The van der Waals surface area contributed by atoms with Gasteiger partial charge in [0, 0.05) is 0 Å². The topological polar surface area (TPSA) is 0 Å². The molecule has 0 nitrogen and oxygen atoms in total. The molecule has 0 aromatic carbocycles. The highest BCUT2D eigenvalue weighted by Gasteiger charge is 2.37. The normalized spacial score (nSPS) is 41.3. The maximum atomic E-state index is 2.40. The van der Waals surface area contributed by atoms with Gasteiger partial charge in [-0.05, 0) is 30.1 Å². The molecule has 1 fully saturated rings. The second-order valence-electron chi connectivity index (χ2n) is 4.20. The lowest BCUT2D eigenvalue weighted by atomic mass is 9.77. The van der Waals surface area contributed by atoms with Crippen molar-refractivity contribution in [3.05, 3.63) is 0 Å². The predicted molar refractivity (Wildman–Crippen MR) is 41.3 cm³/mol. The maximum absolute atomic E-state index is 2.40. The summed E-state index contributed by atoms with van der Waals surface area (Å²) in [5.74, 6) is 1.87. The zero-order valence-electron chi connectivity index (χ0n) is 7.07. The minimum absolute atomic E-state index is 0.611. The molecule has 1 aliphatic carbocycles. The Morgan fingerprint density at radius 2 is 1.33 bits per heavy atom. The van der Waals surface area contributed by atoms with Crippen LogP contribution in [0.25, 0.3) is 0 Å². The van der Waals surface area contributed by atoms with Gasteiger partial charge >= 0.3 is 0 Å². The van der Waals surface area contributed by atoms with Gasteiger partial charge in [0.25, 0.3) is 0 Å². The first kappa shape index (κ1) is 7.11. The monoisotopic (exact) mass is 126 g/mol. The van der Waals surface area contributed by atoms with Gasteiger partial charge in [0.15, 0.2) is 0 Å². The molecule has 0 aliphatic heterocycles. The number of hydrogen-bond acceptors (Lipinski definition) is 0.